The highest BCUT2D eigenvalue weighted by Crippen LogP contribution is 2.12. The van der Waals surface area contributed by atoms with Crippen LogP contribution in [0.3, 0.4) is 0 Å². The van der Waals surface area contributed by atoms with Crippen LogP contribution in [0.25, 0.3) is 0 Å². The molecule has 6 nitrogen and oxygen atoms in total. The molecule has 0 amide bonds. The molecule has 0 saturated heterocycles. The molecule has 0 rings (SSSR count). The predicted octanol–water partition coefficient (Wildman–Crippen LogP) is 9.65. The zero-order valence-corrected chi connectivity index (χ0v) is 26.3. The molecule has 0 atom stereocenters. The van der Waals surface area contributed by atoms with Crippen molar-refractivity contribution < 1.29 is 28.6 Å². The summed E-state index contributed by atoms with van der Waals surface area (Å²) in [6, 6.07) is 0. The number of hydrogen-bond donors (Lipinski definition) is 0. The summed E-state index contributed by atoms with van der Waals surface area (Å²) in [4.78, 5) is 33.8. The summed E-state index contributed by atoms with van der Waals surface area (Å²) in [6.45, 7) is 9.89. The summed E-state index contributed by atoms with van der Waals surface area (Å²) in [6.07, 6.45) is 25.0. The van der Waals surface area contributed by atoms with Crippen LogP contribution in [0.5, 0.6) is 0 Å². The van der Waals surface area contributed by atoms with Crippen molar-refractivity contribution >= 4 is 17.9 Å². The standard InChI is InChI=1S/C17H32O4.C16H32O2/c1-3-5-14-20-16(18)12-10-8-7-9-11-13-17(19)21-15-6-4-2;1-3-5-6-7-8-9-10-11-12-13-14-15-16(17)18-4-2/h3-15H2,1-2H3;3-15H2,1-2H3. The van der Waals surface area contributed by atoms with Gasteiger partial charge in [-0.3, -0.25) is 14.4 Å². The van der Waals surface area contributed by atoms with E-state index < -0.39 is 0 Å². The van der Waals surface area contributed by atoms with Crippen molar-refractivity contribution in [2.45, 2.75) is 175 Å². The van der Waals surface area contributed by atoms with Gasteiger partial charge in [-0.05, 0) is 39.0 Å². The van der Waals surface area contributed by atoms with E-state index in [1.165, 1.54) is 64.2 Å². The second-order valence-corrected chi connectivity index (χ2v) is 10.5. The van der Waals surface area contributed by atoms with E-state index in [4.69, 9.17) is 14.2 Å². The highest BCUT2D eigenvalue weighted by molar-refractivity contribution is 5.69. The lowest BCUT2D eigenvalue weighted by molar-refractivity contribution is -0.144. The maximum absolute atomic E-state index is 11.3. The van der Waals surface area contributed by atoms with E-state index in [1.54, 1.807) is 0 Å². The summed E-state index contributed by atoms with van der Waals surface area (Å²) in [5.74, 6) is -0.195. The minimum absolute atomic E-state index is 0.0339. The second-order valence-electron chi connectivity index (χ2n) is 10.5. The van der Waals surface area contributed by atoms with Crippen LogP contribution in [0.15, 0.2) is 0 Å². The number of esters is 3. The van der Waals surface area contributed by atoms with Crippen LogP contribution in [0.2, 0.25) is 0 Å². The molecule has 0 spiro atoms. The molecule has 0 saturated carbocycles. The summed E-state index contributed by atoms with van der Waals surface area (Å²) < 4.78 is 15.1. The number of ether oxygens (including phenoxy) is 3. The van der Waals surface area contributed by atoms with Crippen LogP contribution in [0.4, 0.5) is 0 Å². The Hall–Kier alpha value is -1.59. The van der Waals surface area contributed by atoms with E-state index in [9.17, 15) is 14.4 Å². The van der Waals surface area contributed by atoms with Crippen LogP contribution in [0.1, 0.15) is 175 Å². The predicted molar refractivity (Wildman–Crippen MR) is 162 cm³/mol. The molecule has 0 bridgehead atoms. The largest absolute Gasteiger partial charge is 0.466 e. The third kappa shape index (κ3) is 36.4. The first-order chi connectivity index (χ1) is 19.0. The fourth-order valence-electron chi connectivity index (χ4n) is 4.04. The molecule has 0 aliphatic rings. The summed E-state index contributed by atoms with van der Waals surface area (Å²) in [5.41, 5.74) is 0. The molecule has 0 radical (unpaired) electrons. The first kappa shape index (κ1) is 39.6. The molecule has 0 aromatic heterocycles. The van der Waals surface area contributed by atoms with E-state index >= 15 is 0 Å². The molecule has 0 aromatic carbocycles. The van der Waals surface area contributed by atoms with Gasteiger partial charge in [-0.2, -0.15) is 0 Å². The quantitative estimate of drug-likeness (QED) is 0.0569. The highest BCUT2D eigenvalue weighted by Gasteiger charge is 2.04. The monoisotopic (exact) mass is 556 g/mol. The maximum atomic E-state index is 11.3. The molecule has 0 N–H and O–H groups in total. The average Bonchev–Trinajstić information content (AvgIpc) is 2.92. The van der Waals surface area contributed by atoms with Gasteiger partial charge in [0.1, 0.15) is 0 Å². The lowest BCUT2D eigenvalue weighted by Crippen LogP contribution is -2.05. The van der Waals surface area contributed by atoms with Gasteiger partial charge in [-0.15, -0.1) is 0 Å². The number of carbonyl (C=O) groups excluding carboxylic acids is 3. The van der Waals surface area contributed by atoms with E-state index in [-0.39, 0.29) is 17.9 Å². The molecule has 39 heavy (non-hydrogen) atoms. The Morgan fingerprint density at radius 2 is 0.641 bits per heavy atom. The van der Waals surface area contributed by atoms with Gasteiger partial charge in [-0.25, -0.2) is 0 Å². The summed E-state index contributed by atoms with van der Waals surface area (Å²) in [7, 11) is 0. The van der Waals surface area contributed by atoms with Crippen LogP contribution < -0.4 is 0 Å². The van der Waals surface area contributed by atoms with Gasteiger partial charge in [0.25, 0.3) is 0 Å². The zero-order valence-electron chi connectivity index (χ0n) is 26.3. The number of rotatable bonds is 27. The molecule has 0 aliphatic carbocycles. The van der Waals surface area contributed by atoms with E-state index in [0.29, 0.717) is 39.1 Å². The van der Waals surface area contributed by atoms with E-state index in [0.717, 1.165) is 64.2 Å². The van der Waals surface area contributed by atoms with Crippen molar-refractivity contribution in [3.05, 3.63) is 0 Å². The summed E-state index contributed by atoms with van der Waals surface area (Å²) in [5, 5.41) is 0. The Labute approximate surface area is 241 Å². The van der Waals surface area contributed by atoms with Gasteiger partial charge < -0.3 is 14.2 Å². The van der Waals surface area contributed by atoms with Crippen LogP contribution in [-0.2, 0) is 28.6 Å². The van der Waals surface area contributed by atoms with Gasteiger partial charge in [0.15, 0.2) is 0 Å². The Balaban J connectivity index is 0. The number of carbonyl (C=O) groups is 3. The lowest BCUT2D eigenvalue weighted by Gasteiger charge is -2.05. The molecule has 232 valence electrons. The van der Waals surface area contributed by atoms with Gasteiger partial charge in [0.2, 0.25) is 0 Å². The average molecular weight is 557 g/mol. The van der Waals surface area contributed by atoms with Crippen molar-refractivity contribution in [2.24, 2.45) is 0 Å². The third-order valence-corrected chi connectivity index (χ3v) is 6.57. The number of hydrogen-bond acceptors (Lipinski definition) is 6. The van der Waals surface area contributed by atoms with Crippen molar-refractivity contribution in [3.8, 4) is 0 Å². The fourth-order valence-corrected chi connectivity index (χ4v) is 4.04. The van der Waals surface area contributed by atoms with Gasteiger partial charge >= 0.3 is 17.9 Å². The fraction of sp³-hybridized carbons (Fsp3) is 0.909. The molecule has 0 heterocycles. The zero-order chi connectivity index (χ0) is 29.2. The van der Waals surface area contributed by atoms with E-state index in [2.05, 4.69) is 20.8 Å². The minimum Gasteiger partial charge on any atom is -0.466 e. The Morgan fingerprint density at radius 3 is 0.949 bits per heavy atom. The molecule has 0 fully saturated rings. The molecular formula is C33H64O6. The first-order valence-corrected chi connectivity index (χ1v) is 16.5. The Morgan fingerprint density at radius 1 is 0.359 bits per heavy atom. The topological polar surface area (TPSA) is 78.9 Å². The van der Waals surface area contributed by atoms with Crippen molar-refractivity contribution in [2.75, 3.05) is 19.8 Å². The van der Waals surface area contributed by atoms with Gasteiger partial charge in [-0.1, -0.05) is 117 Å². The highest BCUT2D eigenvalue weighted by atomic mass is 16.5. The first-order valence-electron chi connectivity index (χ1n) is 16.5. The van der Waals surface area contributed by atoms with Crippen LogP contribution >= 0.6 is 0 Å². The molecule has 6 heteroatoms. The SMILES string of the molecule is CCCCCCCCCCCCCC(=O)OCC.CCCCOC(=O)CCCCCCCC(=O)OCCCC. The summed E-state index contributed by atoms with van der Waals surface area (Å²) >= 11 is 0. The second kappa shape index (κ2) is 34.4. The molecular weight excluding hydrogens is 492 g/mol. The third-order valence-electron chi connectivity index (χ3n) is 6.57. The van der Waals surface area contributed by atoms with Crippen LogP contribution in [-0.4, -0.2) is 37.7 Å². The Bertz CT molecular complexity index is 508. The van der Waals surface area contributed by atoms with Gasteiger partial charge in [0, 0.05) is 19.3 Å². The van der Waals surface area contributed by atoms with E-state index in [1.807, 2.05) is 6.92 Å². The minimum atomic E-state index is -0.0806. The normalized spacial score (nSPS) is 10.5. The lowest BCUT2D eigenvalue weighted by atomic mass is 10.1. The van der Waals surface area contributed by atoms with Crippen molar-refractivity contribution in [3.63, 3.8) is 0 Å². The Kier molecular flexibility index (Phi) is 34.9. The van der Waals surface area contributed by atoms with Crippen molar-refractivity contribution in [1.29, 1.82) is 0 Å². The smallest absolute Gasteiger partial charge is 0.305 e. The van der Waals surface area contributed by atoms with Crippen molar-refractivity contribution in [1.82, 2.24) is 0 Å². The maximum Gasteiger partial charge on any atom is 0.305 e. The molecule has 0 aliphatic heterocycles. The van der Waals surface area contributed by atoms with Gasteiger partial charge in [0.05, 0.1) is 19.8 Å². The van der Waals surface area contributed by atoms with Crippen LogP contribution in [0, 0.1) is 0 Å². The number of unbranched alkanes of at least 4 members (excludes halogenated alkanes) is 16. The molecule has 0 aromatic rings. The molecule has 0 unspecified atom stereocenters.